The third-order valence-corrected chi connectivity index (χ3v) is 1.21. The summed E-state index contributed by atoms with van der Waals surface area (Å²) < 4.78 is 0. The zero-order chi connectivity index (χ0) is 8.10. The van der Waals surface area contributed by atoms with Gasteiger partial charge in [0.1, 0.15) is 0 Å². The summed E-state index contributed by atoms with van der Waals surface area (Å²) in [6.45, 7) is 0. The van der Waals surface area contributed by atoms with E-state index >= 15 is 0 Å². The van der Waals surface area contributed by atoms with Crippen molar-refractivity contribution >= 4 is 12.0 Å². The topological polar surface area (TPSA) is 40.1 Å². The molecule has 0 saturated heterocycles. The Hall–Kier alpha value is 0.0664. The van der Waals surface area contributed by atoms with Crippen LogP contribution in [-0.4, -0.2) is 5.97 Å². The largest absolute Gasteiger partial charge is 1.00 e. The molecule has 0 atom stereocenters. The first-order valence-corrected chi connectivity index (χ1v) is 3.23. The number of hydrogen-bond acceptors (Lipinski definition) is 2. The van der Waals surface area contributed by atoms with Crippen molar-refractivity contribution in [3.63, 3.8) is 0 Å². The number of aliphatic carboxylic acids is 1. The fraction of sp³-hybridized carbons (Fsp3) is 0. The predicted octanol–water partition coefficient (Wildman–Crippen LogP) is -2.55. The molecule has 0 bridgehead atoms. The summed E-state index contributed by atoms with van der Waals surface area (Å²) in [5, 5.41) is 9.97. The van der Waals surface area contributed by atoms with Crippen molar-refractivity contribution in [1.82, 2.24) is 0 Å². The molecule has 0 heterocycles. The molecule has 0 N–H and O–H groups in total. The second-order valence-corrected chi connectivity index (χ2v) is 2.06. The number of benzene rings is 1. The van der Waals surface area contributed by atoms with Gasteiger partial charge in [0.05, 0.1) is 5.97 Å². The third kappa shape index (κ3) is 4.85. The summed E-state index contributed by atoms with van der Waals surface area (Å²) in [6, 6.07) is 9.19. The van der Waals surface area contributed by atoms with Gasteiger partial charge in [-0.3, -0.25) is 0 Å². The first kappa shape index (κ1) is 12.1. The Labute approximate surface area is 114 Å². The summed E-state index contributed by atoms with van der Waals surface area (Å²) >= 11 is 0. The SMILES string of the molecule is O=C([O-])C=Cc1ccccc1.[K+]. The van der Waals surface area contributed by atoms with E-state index in [4.69, 9.17) is 0 Å². The molecule has 0 radical (unpaired) electrons. The molecule has 0 aliphatic carbocycles. The molecule has 3 heteroatoms. The van der Waals surface area contributed by atoms with Crippen LogP contribution in [0.5, 0.6) is 0 Å². The first-order chi connectivity index (χ1) is 5.29. The zero-order valence-corrected chi connectivity index (χ0v) is 9.98. The summed E-state index contributed by atoms with van der Waals surface area (Å²) in [5.41, 5.74) is 0.858. The van der Waals surface area contributed by atoms with E-state index in [1.165, 1.54) is 6.08 Å². The Morgan fingerprint density at radius 1 is 1.25 bits per heavy atom. The van der Waals surface area contributed by atoms with Crippen LogP contribution in [0.15, 0.2) is 36.4 Å². The number of hydrogen-bond donors (Lipinski definition) is 0. The standard InChI is InChI=1S/C9H8O2.K/c10-9(11)7-6-8-4-2-1-3-5-8;/h1-7H,(H,10,11);/q;+1/p-1. The molecule has 1 aromatic carbocycles. The van der Waals surface area contributed by atoms with Gasteiger partial charge in [-0.15, -0.1) is 0 Å². The van der Waals surface area contributed by atoms with Crippen molar-refractivity contribution in [1.29, 1.82) is 0 Å². The van der Waals surface area contributed by atoms with Gasteiger partial charge in [-0.2, -0.15) is 0 Å². The number of carboxylic acid groups (broad SMARTS) is 1. The van der Waals surface area contributed by atoms with Gasteiger partial charge in [-0.1, -0.05) is 36.4 Å². The molecule has 0 saturated carbocycles. The van der Waals surface area contributed by atoms with E-state index < -0.39 is 5.97 Å². The first-order valence-electron chi connectivity index (χ1n) is 3.23. The minimum absolute atomic E-state index is 0. The van der Waals surface area contributed by atoms with E-state index in [1.807, 2.05) is 30.3 Å². The molecule has 0 aromatic heterocycles. The molecule has 1 aromatic rings. The van der Waals surface area contributed by atoms with Crippen LogP contribution in [-0.2, 0) is 4.79 Å². The molecule has 0 spiro atoms. The van der Waals surface area contributed by atoms with Gasteiger partial charge in [0.25, 0.3) is 0 Å². The van der Waals surface area contributed by atoms with E-state index in [-0.39, 0.29) is 51.4 Å². The number of carbonyl (C=O) groups excluding carboxylic acids is 1. The number of rotatable bonds is 2. The normalized spacial score (nSPS) is 9.33. The average molecular weight is 186 g/mol. The van der Waals surface area contributed by atoms with Crippen LogP contribution in [0.4, 0.5) is 0 Å². The van der Waals surface area contributed by atoms with E-state index in [2.05, 4.69) is 0 Å². The van der Waals surface area contributed by atoms with Gasteiger partial charge in [-0.25, -0.2) is 0 Å². The number of carboxylic acids is 1. The quantitative estimate of drug-likeness (QED) is 0.377. The van der Waals surface area contributed by atoms with Crippen LogP contribution < -0.4 is 56.5 Å². The Morgan fingerprint density at radius 3 is 2.33 bits per heavy atom. The van der Waals surface area contributed by atoms with Crippen molar-refractivity contribution in [2.24, 2.45) is 0 Å². The van der Waals surface area contributed by atoms with Gasteiger partial charge in [-0.05, 0) is 11.6 Å². The zero-order valence-electron chi connectivity index (χ0n) is 6.86. The Morgan fingerprint density at radius 2 is 1.83 bits per heavy atom. The van der Waals surface area contributed by atoms with Gasteiger partial charge < -0.3 is 9.90 Å². The van der Waals surface area contributed by atoms with Crippen LogP contribution in [0, 0.1) is 0 Å². The van der Waals surface area contributed by atoms with E-state index in [9.17, 15) is 9.90 Å². The maximum Gasteiger partial charge on any atom is 1.00 e. The Kier molecular flexibility index (Phi) is 6.60. The van der Waals surface area contributed by atoms with Crippen molar-refractivity contribution in [2.45, 2.75) is 0 Å². The van der Waals surface area contributed by atoms with E-state index in [1.54, 1.807) is 0 Å². The molecule has 0 amide bonds. The maximum atomic E-state index is 9.97. The Balaban J connectivity index is 0.00000121. The average Bonchev–Trinajstić information content (AvgIpc) is 2.03. The molecular weight excluding hydrogens is 179 g/mol. The summed E-state index contributed by atoms with van der Waals surface area (Å²) in [4.78, 5) is 9.97. The molecule has 56 valence electrons. The number of carbonyl (C=O) groups is 1. The molecule has 1 rings (SSSR count). The van der Waals surface area contributed by atoms with Gasteiger partial charge >= 0.3 is 51.4 Å². The smallest absolute Gasteiger partial charge is 0.545 e. The van der Waals surface area contributed by atoms with Crippen LogP contribution >= 0.6 is 0 Å². The molecule has 0 fully saturated rings. The molecular formula is C9H7KO2. The Bertz CT molecular complexity index is 267. The molecule has 0 unspecified atom stereocenters. The minimum Gasteiger partial charge on any atom is -0.545 e. The van der Waals surface area contributed by atoms with Crippen LogP contribution in [0.1, 0.15) is 5.56 Å². The van der Waals surface area contributed by atoms with E-state index in [0.29, 0.717) is 0 Å². The molecule has 2 nitrogen and oxygen atoms in total. The molecule has 12 heavy (non-hydrogen) atoms. The summed E-state index contributed by atoms with van der Waals surface area (Å²) in [7, 11) is 0. The van der Waals surface area contributed by atoms with Crippen molar-refractivity contribution in [3.05, 3.63) is 42.0 Å². The fourth-order valence-electron chi connectivity index (χ4n) is 0.728. The second kappa shape index (κ2) is 6.57. The maximum absolute atomic E-state index is 9.97. The van der Waals surface area contributed by atoms with Crippen LogP contribution in [0.2, 0.25) is 0 Å². The predicted molar refractivity (Wildman–Crippen MR) is 40.5 cm³/mol. The summed E-state index contributed by atoms with van der Waals surface area (Å²) in [6.07, 6.45) is 2.50. The third-order valence-electron chi connectivity index (χ3n) is 1.21. The monoisotopic (exact) mass is 186 g/mol. The van der Waals surface area contributed by atoms with Crippen molar-refractivity contribution in [3.8, 4) is 0 Å². The van der Waals surface area contributed by atoms with Crippen molar-refractivity contribution < 1.29 is 61.3 Å². The molecule has 0 aliphatic rings. The van der Waals surface area contributed by atoms with Gasteiger partial charge in [0, 0.05) is 0 Å². The molecule has 0 aliphatic heterocycles. The van der Waals surface area contributed by atoms with Gasteiger partial charge in [0.2, 0.25) is 0 Å². The van der Waals surface area contributed by atoms with Crippen molar-refractivity contribution in [2.75, 3.05) is 0 Å². The second-order valence-electron chi connectivity index (χ2n) is 2.06. The fourth-order valence-corrected chi connectivity index (χ4v) is 0.728. The summed E-state index contributed by atoms with van der Waals surface area (Å²) in [5.74, 6) is -1.17. The minimum atomic E-state index is -1.17. The van der Waals surface area contributed by atoms with Crippen LogP contribution in [0.3, 0.4) is 0 Å². The van der Waals surface area contributed by atoms with Gasteiger partial charge in [0.15, 0.2) is 0 Å². The van der Waals surface area contributed by atoms with E-state index in [0.717, 1.165) is 11.6 Å². The van der Waals surface area contributed by atoms with Crippen LogP contribution in [0.25, 0.3) is 6.08 Å².